The summed E-state index contributed by atoms with van der Waals surface area (Å²) in [6, 6.07) is 5.85. The summed E-state index contributed by atoms with van der Waals surface area (Å²) < 4.78 is 35.2. The first kappa shape index (κ1) is 24.9. The van der Waals surface area contributed by atoms with Crippen LogP contribution in [0, 0.1) is 11.8 Å². The third kappa shape index (κ3) is 5.19. The van der Waals surface area contributed by atoms with E-state index in [0.29, 0.717) is 75.5 Å². The van der Waals surface area contributed by atoms with Crippen molar-refractivity contribution in [1.82, 2.24) is 20.3 Å². The van der Waals surface area contributed by atoms with E-state index in [-0.39, 0.29) is 23.2 Å². The predicted molar refractivity (Wildman–Crippen MR) is 130 cm³/mol. The van der Waals surface area contributed by atoms with Crippen molar-refractivity contribution in [2.75, 3.05) is 42.9 Å². The fourth-order valence-electron chi connectivity index (χ4n) is 4.73. The molecule has 1 aromatic heterocycles. The number of carbonyl (C=O) groups excluding carboxylic acids is 3. The monoisotopic (exact) mass is 514 g/mol. The SMILES string of the molecule is CCC1Oc2cc(F)c(CN3CCN(c4ccc(C(=O)NN5CCCC5=O)nc4F)CC3)cc2NC1=O. The van der Waals surface area contributed by atoms with Gasteiger partial charge in [0.25, 0.3) is 11.8 Å². The summed E-state index contributed by atoms with van der Waals surface area (Å²) >= 11 is 0. The van der Waals surface area contributed by atoms with Crippen LogP contribution in [0.5, 0.6) is 5.75 Å². The number of nitrogens with one attached hydrogen (secondary N) is 2. The molecule has 5 rings (SSSR count). The minimum atomic E-state index is -0.768. The van der Waals surface area contributed by atoms with Crippen LogP contribution >= 0.6 is 0 Å². The minimum Gasteiger partial charge on any atom is -0.478 e. The summed E-state index contributed by atoms with van der Waals surface area (Å²) in [5.74, 6) is -1.91. The van der Waals surface area contributed by atoms with Gasteiger partial charge in [0.1, 0.15) is 17.3 Å². The number of carbonyl (C=O) groups is 3. The number of pyridine rings is 1. The molecule has 3 aliphatic rings. The molecule has 12 heteroatoms. The van der Waals surface area contributed by atoms with Gasteiger partial charge in [0.2, 0.25) is 11.9 Å². The quantitative estimate of drug-likeness (QED) is 0.569. The lowest BCUT2D eigenvalue weighted by Gasteiger charge is -2.36. The van der Waals surface area contributed by atoms with Crippen LogP contribution in [-0.2, 0) is 16.1 Å². The molecule has 0 radical (unpaired) electrons. The average Bonchev–Trinajstić information content (AvgIpc) is 3.29. The Kier molecular flexibility index (Phi) is 6.92. The fraction of sp³-hybridized carbons (Fsp3) is 0.440. The molecule has 1 aromatic carbocycles. The van der Waals surface area contributed by atoms with Gasteiger partial charge in [-0.15, -0.1) is 0 Å². The van der Waals surface area contributed by atoms with E-state index in [1.54, 1.807) is 6.07 Å². The summed E-state index contributed by atoms with van der Waals surface area (Å²) in [6.45, 7) is 4.65. The first-order valence-electron chi connectivity index (χ1n) is 12.4. The van der Waals surface area contributed by atoms with Crippen molar-refractivity contribution in [2.24, 2.45) is 0 Å². The van der Waals surface area contributed by atoms with Crippen LogP contribution in [0.3, 0.4) is 0 Å². The molecule has 1 unspecified atom stereocenters. The van der Waals surface area contributed by atoms with Crippen LogP contribution in [0.15, 0.2) is 24.3 Å². The summed E-state index contributed by atoms with van der Waals surface area (Å²) in [7, 11) is 0. The van der Waals surface area contributed by atoms with E-state index in [9.17, 15) is 23.2 Å². The van der Waals surface area contributed by atoms with Gasteiger partial charge in [-0.05, 0) is 31.0 Å². The number of anilines is 2. The van der Waals surface area contributed by atoms with E-state index in [1.807, 2.05) is 16.7 Å². The fourth-order valence-corrected chi connectivity index (χ4v) is 4.73. The van der Waals surface area contributed by atoms with Gasteiger partial charge in [-0.1, -0.05) is 6.92 Å². The smallest absolute Gasteiger partial charge is 0.288 e. The first-order valence-corrected chi connectivity index (χ1v) is 12.4. The molecule has 4 heterocycles. The maximum Gasteiger partial charge on any atom is 0.288 e. The Bertz CT molecular complexity index is 1230. The second kappa shape index (κ2) is 10.3. The van der Waals surface area contributed by atoms with E-state index in [1.165, 1.54) is 23.2 Å². The lowest BCUT2D eigenvalue weighted by atomic mass is 10.1. The van der Waals surface area contributed by atoms with Crippen LogP contribution in [0.4, 0.5) is 20.2 Å². The summed E-state index contributed by atoms with van der Waals surface area (Å²) in [5.41, 5.74) is 3.52. The lowest BCUT2D eigenvalue weighted by molar-refractivity contribution is -0.129. The van der Waals surface area contributed by atoms with Crippen molar-refractivity contribution < 1.29 is 27.9 Å². The number of fused-ring (bicyclic) bond motifs is 1. The van der Waals surface area contributed by atoms with E-state index in [4.69, 9.17) is 4.74 Å². The van der Waals surface area contributed by atoms with E-state index < -0.39 is 23.8 Å². The highest BCUT2D eigenvalue weighted by Crippen LogP contribution is 2.33. The van der Waals surface area contributed by atoms with Crippen molar-refractivity contribution in [2.45, 2.75) is 38.8 Å². The second-order valence-corrected chi connectivity index (χ2v) is 9.30. The molecule has 2 fully saturated rings. The van der Waals surface area contributed by atoms with Gasteiger partial charge < -0.3 is 15.0 Å². The highest BCUT2D eigenvalue weighted by Gasteiger charge is 2.29. The molecular weight excluding hydrogens is 486 g/mol. The number of hydrogen-bond acceptors (Lipinski definition) is 7. The summed E-state index contributed by atoms with van der Waals surface area (Å²) in [4.78, 5) is 43.8. The van der Waals surface area contributed by atoms with Crippen LogP contribution in [-0.4, -0.2) is 71.4 Å². The zero-order valence-electron chi connectivity index (χ0n) is 20.4. The van der Waals surface area contributed by atoms with Gasteiger partial charge >= 0.3 is 0 Å². The Balaban J connectivity index is 1.19. The van der Waals surface area contributed by atoms with E-state index in [2.05, 4.69) is 15.7 Å². The number of ether oxygens (including phenoxy) is 1. The number of halogens is 2. The van der Waals surface area contributed by atoms with Crippen LogP contribution in [0.2, 0.25) is 0 Å². The zero-order valence-corrected chi connectivity index (χ0v) is 20.4. The number of aromatic nitrogens is 1. The standard InChI is InChI=1S/C25H28F2N6O4/c1-2-20-25(36)29-18-12-15(16(26)13-21(18)37-20)14-31-8-10-32(11-9-31)19-6-5-17(28-23(19)27)24(35)30-33-7-3-4-22(33)34/h5-6,12-13,20H,2-4,7-11,14H2,1H3,(H,29,36)(H,30,35). The molecule has 2 N–H and O–H groups in total. The van der Waals surface area contributed by atoms with Gasteiger partial charge in [-0.3, -0.25) is 29.7 Å². The van der Waals surface area contributed by atoms with Crippen molar-refractivity contribution >= 4 is 29.1 Å². The number of rotatable bonds is 6. The normalized spacial score (nSPS) is 19.9. The van der Waals surface area contributed by atoms with Gasteiger partial charge in [-0.2, -0.15) is 4.39 Å². The van der Waals surface area contributed by atoms with Gasteiger partial charge in [0.15, 0.2) is 6.10 Å². The van der Waals surface area contributed by atoms with Gasteiger partial charge in [0, 0.05) is 57.3 Å². The third-order valence-corrected chi connectivity index (χ3v) is 6.82. The zero-order chi connectivity index (χ0) is 26.1. The molecule has 3 amide bonds. The van der Waals surface area contributed by atoms with Crippen molar-refractivity contribution in [3.8, 4) is 5.75 Å². The Morgan fingerprint density at radius 3 is 2.62 bits per heavy atom. The Morgan fingerprint density at radius 2 is 1.95 bits per heavy atom. The summed E-state index contributed by atoms with van der Waals surface area (Å²) in [6.07, 6.45) is 0.898. The molecule has 10 nitrogen and oxygen atoms in total. The van der Waals surface area contributed by atoms with Crippen molar-refractivity contribution in [3.63, 3.8) is 0 Å². The molecule has 3 aliphatic heterocycles. The number of piperazine rings is 1. The molecule has 1 atom stereocenters. The topological polar surface area (TPSA) is 107 Å². The largest absolute Gasteiger partial charge is 0.478 e. The molecule has 196 valence electrons. The lowest BCUT2D eigenvalue weighted by Crippen LogP contribution is -2.46. The first-order chi connectivity index (χ1) is 17.8. The Labute approximate surface area is 212 Å². The number of benzene rings is 1. The average molecular weight is 515 g/mol. The number of amides is 3. The molecule has 0 spiro atoms. The molecule has 0 saturated carbocycles. The molecule has 2 aromatic rings. The second-order valence-electron chi connectivity index (χ2n) is 9.30. The van der Waals surface area contributed by atoms with Crippen LogP contribution in [0.25, 0.3) is 0 Å². The highest BCUT2D eigenvalue weighted by atomic mass is 19.1. The predicted octanol–water partition coefficient (Wildman–Crippen LogP) is 2.06. The molecule has 2 saturated heterocycles. The maximum absolute atomic E-state index is 14.8. The third-order valence-electron chi connectivity index (χ3n) is 6.82. The maximum atomic E-state index is 14.8. The van der Waals surface area contributed by atoms with Crippen molar-refractivity contribution in [1.29, 1.82) is 0 Å². The Hall–Kier alpha value is -3.80. The Morgan fingerprint density at radius 1 is 1.16 bits per heavy atom. The van der Waals surface area contributed by atoms with Gasteiger partial charge in [0.05, 0.1) is 11.4 Å². The number of nitrogens with zero attached hydrogens (tertiary/aromatic N) is 4. The van der Waals surface area contributed by atoms with E-state index >= 15 is 0 Å². The van der Waals surface area contributed by atoms with Gasteiger partial charge in [-0.25, -0.2) is 9.37 Å². The summed E-state index contributed by atoms with van der Waals surface area (Å²) in [5, 5.41) is 4.01. The minimum absolute atomic E-state index is 0.108. The highest BCUT2D eigenvalue weighted by molar-refractivity contribution is 5.97. The van der Waals surface area contributed by atoms with E-state index in [0.717, 1.165) is 0 Å². The molecule has 0 aliphatic carbocycles. The number of hydrazine groups is 1. The van der Waals surface area contributed by atoms with Crippen LogP contribution in [0.1, 0.15) is 42.2 Å². The molecule has 37 heavy (non-hydrogen) atoms. The molecule has 0 bridgehead atoms. The van der Waals surface area contributed by atoms with Crippen LogP contribution < -0.4 is 20.4 Å². The van der Waals surface area contributed by atoms with Crippen molar-refractivity contribution in [3.05, 3.63) is 47.3 Å². The number of hydrogen-bond donors (Lipinski definition) is 2. The molecular formula is C25H28F2N6O4.